The first kappa shape index (κ1) is 9.44. The molecule has 1 unspecified atom stereocenters. The zero-order valence-corrected chi connectivity index (χ0v) is 8.90. The van der Waals surface area contributed by atoms with E-state index in [0.717, 1.165) is 24.5 Å². The maximum atomic E-state index is 4.45. The maximum absolute atomic E-state index is 4.45. The molecule has 3 heteroatoms. The van der Waals surface area contributed by atoms with Crippen molar-refractivity contribution in [2.45, 2.75) is 39.2 Å². The van der Waals surface area contributed by atoms with Crippen molar-refractivity contribution >= 4 is 5.82 Å². The summed E-state index contributed by atoms with van der Waals surface area (Å²) in [5.41, 5.74) is 1.07. The molecule has 1 aromatic rings. The molecule has 76 valence electrons. The first-order valence-electron chi connectivity index (χ1n) is 5.39. The molecule has 1 saturated heterocycles. The van der Waals surface area contributed by atoms with Crippen LogP contribution in [0.1, 0.15) is 32.4 Å². The Kier molecular flexibility index (Phi) is 2.66. The van der Waals surface area contributed by atoms with Gasteiger partial charge in [0.2, 0.25) is 0 Å². The molecule has 2 rings (SSSR count). The average Bonchev–Trinajstić information content (AvgIpc) is 2.65. The number of anilines is 1. The molecule has 0 aromatic carbocycles. The number of rotatable bonds is 2. The molecule has 1 aromatic heterocycles. The number of nitrogens with zero attached hydrogens (tertiary/aromatic N) is 3. The van der Waals surface area contributed by atoms with Gasteiger partial charge >= 0.3 is 0 Å². The number of hydrogen-bond donors (Lipinski definition) is 0. The van der Waals surface area contributed by atoms with Crippen molar-refractivity contribution < 1.29 is 0 Å². The number of aromatic nitrogens is 2. The summed E-state index contributed by atoms with van der Waals surface area (Å²) >= 11 is 0. The molecule has 2 heterocycles. The predicted octanol–water partition coefficient (Wildman–Crippen LogP) is 2.03. The van der Waals surface area contributed by atoms with Crippen LogP contribution >= 0.6 is 0 Å². The molecule has 0 bridgehead atoms. The monoisotopic (exact) mass is 191 g/mol. The van der Waals surface area contributed by atoms with Crippen LogP contribution in [0, 0.1) is 0 Å². The summed E-state index contributed by atoms with van der Waals surface area (Å²) in [5, 5.41) is 0. The van der Waals surface area contributed by atoms with E-state index < -0.39 is 0 Å². The highest BCUT2D eigenvalue weighted by Gasteiger charge is 2.21. The van der Waals surface area contributed by atoms with Crippen molar-refractivity contribution in [3.63, 3.8) is 0 Å². The largest absolute Gasteiger partial charge is 0.353 e. The van der Waals surface area contributed by atoms with Crippen LogP contribution in [-0.2, 0) is 6.42 Å². The van der Waals surface area contributed by atoms with Crippen molar-refractivity contribution in [3.05, 3.63) is 18.1 Å². The Morgan fingerprint density at radius 1 is 1.43 bits per heavy atom. The van der Waals surface area contributed by atoms with Crippen molar-refractivity contribution in [3.8, 4) is 0 Å². The van der Waals surface area contributed by atoms with Gasteiger partial charge in [0.25, 0.3) is 0 Å². The van der Waals surface area contributed by atoms with Gasteiger partial charge in [-0.2, -0.15) is 0 Å². The lowest BCUT2D eigenvalue weighted by atomic mass is 10.2. The SMILES string of the molecule is CCc1cnc(N2CCCC2C)cn1. The Morgan fingerprint density at radius 2 is 2.29 bits per heavy atom. The van der Waals surface area contributed by atoms with Crippen LogP contribution in [0.2, 0.25) is 0 Å². The molecule has 0 amide bonds. The predicted molar refractivity (Wildman–Crippen MR) is 57.5 cm³/mol. The normalized spacial score (nSPS) is 21.6. The Hall–Kier alpha value is -1.12. The minimum absolute atomic E-state index is 0.622. The molecular formula is C11H17N3. The molecule has 0 N–H and O–H groups in total. The quantitative estimate of drug-likeness (QED) is 0.716. The second-order valence-electron chi connectivity index (χ2n) is 3.90. The van der Waals surface area contributed by atoms with Gasteiger partial charge in [-0.25, -0.2) is 4.98 Å². The highest BCUT2D eigenvalue weighted by Crippen LogP contribution is 2.22. The van der Waals surface area contributed by atoms with Crippen LogP contribution < -0.4 is 4.90 Å². The summed E-state index contributed by atoms with van der Waals surface area (Å²) in [6.07, 6.45) is 7.31. The molecule has 3 nitrogen and oxygen atoms in total. The van der Waals surface area contributed by atoms with E-state index in [1.54, 1.807) is 0 Å². The van der Waals surface area contributed by atoms with Crippen molar-refractivity contribution in [2.24, 2.45) is 0 Å². The van der Waals surface area contributed by atoms with E-state index in [0.29, 0.717) is 6.04 Å². The average molecular weight is 191 g/mol. The van der Waals surface area contributed by atoms with E-state index in [9.17, 15) is 0 Å². The first-order chi connectivity index (χ1) is 6.81. The van der Waals surface area contributed by atoms with E-state index in [1.807, 2.05) is 12.4 Å². The summed E-state index contributed by atoms with van der Waals surface area (Å²) < 4.78 is 0. The summed E-state index contributed by atoms with van der Waals surface area (Å²) in [5.74, 6) is 1.03. The third-order valence-electron chi connectivity index (χ3n) is 2.90. The summed E-state index contributed by atoms with van der Waals surface area (Å²) in [6, 6.07) is 0.622. The summed E-state index contributed by atoms with van der Waals surface area (Å²) in [4.78, 5) is 11.2. The lowest BCUT2D eigenvalue weighted by Gasteiger charge is -2.21. The zero-order valence-electron chi connectivity index (χ0n) is 8.90. The fourth-order valence-electron chi connectivity index (χ4n) is 1.95. The van der Waals surface area contributed by atoms with E-state index in [-0.39, 0.29) is 0 Å². The molecule has 0 aliphatic carbocycles. The lowest BCUT2D eigenvalue weighted by Crippen LogP contribution is -2.27. The first-order valence-corrected chi connectivity index (χ1v) is 5.39. The van der Waals surface area contributed by atoms with Crippen LogP contribution in [0.3, 0.4) is 0 Å². The van der Waals surface area contributed by atoms with Gasteiger partial charge in [0.05, 0.1) is 18.1 Å². The second-order valence-corrected chi connectivity index (χ2v) is 3.90. The zero-order chi connectivity index (χ0) is 9.97. The Balaban J connectivity index is 2.16. The molecule has 0 radical (unpaired) electrons. The van der Waals surface area contributed by atoms with Crippen LogP contribution in [0.25, 0.3) is 0 Å². The Morgan fingerprint density at radius 3 is 2.79 bits per heavy atom. The minimum Gasteiger partial charge on any atom is -0.353 e. The standard InChI is InChI=1S/C11H17N3/c1-3-10-7-13-11(8-12-10)14-6-4-5-9(14)2/h7-9H,3-6H2,1-2H3. The fourth-order valence-corrected chi connectivity index (χ4v) is 1.95. The molecule has 1 fully saturated rings. The third kappa shape index (κ3) is 1.72. The topological polar surface area (TPSA) is 29.0 Å². The van der Waals surface area contributed by atoms with E-state index in [1.165, 1.54) is 12.8 Å². The van der Waals surface area contributed by atoms with E-state index >= 15 is 0 Å². The van der Waals surface area contributed by atoms with Crippen LogP contribution in [-0.4, -0.2) is 22.6 Å². The van der Waals surface area contributed by atoms with Gasteiger partial charge in [0.15, 0.2) is 0 Å². The molecular weight excluding hydrogens is 174 g/mol. The van der Waals surface area contributed by atoms with Crippen molar-refractivity contribution in [1.82, 2.24) is 9.97 Å². The number of aryl methyl sites for hydroxylation is 1. The molecule has 1 aliphatic heterocycles. The number of hydrogen-bond acceptors (Lipinski definition) is 3. The molecule has 0 spiro atoms. The minimum atomic E-state index is 0.622. The summed E-state index contributed by atoms with van der Waals surface area (Å²) in [6.45, 7) is 5.48. The highest BCUT2D eigenvalue weighted by molar-refractivity contribution is 5.38. The Bertz CT molecular complexity index is 294. The molecule has 0 saturated carbocycles. The third-order valence-corrected chi connectivity index (χ3v) is 2.90. The van der Waals surface area contributed by atoms with Crippen molar-refractivity contribution in [2.75, 3.05) is 11.4 Å². The fraction of sp³-hybridized carbons (Fsp3) is 0.636. The van der Waals surface area contributed by atoms with Gasteiger partial charge in [-0.3, -0.25) is 4.98 Å². The second kappa shape index (κ2) is 3.95. The van der Waals surface area contributed by atoms with Gasteiger partial charge in [-0.05, 0) is 26.2 Å². The molecule has 1 atom stereocenters. The van der Waals surface area contributed by atoms with E-state index in [4.69, 9.17) is 0 Å². The van der Waals surface area contributed by atoms with Crippen LogP contribution in [0.5, 0.6) is 0 Å². The van der Waals surface area contributed by atoms with Gasteiger partial charge in [0, 0.05) is 12.6 Å². The van der Waals surface area contributed by atoms with Gasteiger partial charge in [-0.15, -0.1) is 0 Å². The Labute approximate surface area is 85.2 Å². The van der Waals surface area contributed by atoms with Gasteiger partial charge in [-0.1, -0.05) is 6.92 Å². The lowest BCUT2D eigenvalue weighted by molar-refractivity contribution is 0.724. The van der Waals surface area contributed by atoms with Crippen LogP contribution in [0.15, 0.2) is 12.4 Å². The van der Waals surface area contributed by atoms with Gasteiger partial charge < -0.3 is 4.90 Å². The smallest absolute Gasteiger partial charge is 0.147 e. The molecule has 14 heavy (non-hydrogen) atoms. The summed E-state index contributed by atoms with van der Waals surface area (Å²) in [7, 11) is 0. The molecule has 1 aliphatic rings. The van der Waals surface area contributed by atoms with Crippen LogP contribution in [0.4, 0.5) is 5.82 Å². The maximum Gasteiger partial charge on any atom is 0.147 e. The van der Waals surface area contributed by atoms with Crippen molar-refractivity contribution in [1.29, 1.82) is 0 Å². The highest BCUT2D eigenvalue weighted by atomic mass is 15.2. The van der Waals surface area contributed by atoms with Gasteiger partial charge in [0.1, 0.15) is 5.82 Å². The van der Waals surface area contributed by atoms with E-state index in [2.05, 4.69) is 28.7 Å².